The Labute approximate surface area is 140 Å². The Bertz CT molecular complexity index is 577. The van der Waals surface area contributed by atoms with E-state index in [1.54, 1.807) is 12.4 Å². The predicted octanol–water partition coefficient (Wildman–Crippen LogP) is 5.99. The maximum Gasteiger partial charge on any atom is 0.119 e. The van der Waals surface area contributed by atoms with Gasteiger partial charge in [-0.25, -0.2) is 0 Å². The summed E-state index contributed by atoms with van der Waals surface area (Å²) in [6.45, 7) is 3.06. The molecule has 1 aromatic carbocycles. The van der Waals surface area contributed by atoms with E-state index in [1.807, 2.05) is 24.3 Å². The Morgan fingerprint density at radius 1 is 0.870 bits per heavy atom. The number of pyridine rings is 1. The molecule has 23 heavy (non-hydrogen) atoms. The van der Waals surface area contributed by atoms with Crippen LogP contribution in [0, 0.1) is 0 Å². The summed E-state index contributed by atoms with van der Waals surface area (Å²) in [6.07, 6.45) is 15.5. The molecular weight excluding hydrogens is 282 g/mol. The first kappa shape index (κ1) is 17.3. The van der Waals surface area contributed by atoms with E-state index < -0.39 is 0 Å². The Balaban J connectivity index is 1.75. The van der Waals surface area contributed by atoms with Crippen molar-refractivity contribution < 1.29 is 4.74 Å². The summed E-state index contributed by atoms with van der Waals surface area (Å²) in [6, 6.07) is 12.2. The molecule has 0 unspecified atom stereocenters. The fourth-order valence-electron chi connectivity index (χ4n) is 2.45. The van der Waals surface area contributed by atoms with Crippen molar-refractivity contribution in [3.8, 4) is 5.75 Å². The van der Waals surface area contributed by atoms with Gasteiger partial charge in [-0.15, -0.1) is 0 Å². The highest BCUT2D eigenvalue weighted by atomic mass is 16.5. The minimum Gasteiger partial charge on any atom is -0.494 e. The number of hydrogen-bond donors (Lipinski definition) is 0. The van der Waals surface area contributed by atoms with Crippen molar-refractivity contribution in [2.75, 3.05) is 6.61 Å². The number of benzene rings is 1. The number of rotatable bonds is 10. The highest BCUT2D eigenvalue weighted by molar-refractivity contribution is 5.69. The van der Waals surface area contributed by atoms with Gasteiger partial charge in [0.05, 0.1) is 6.61 Å². The molecule has 2 rings (SSSR count). The smallest absolute Gasteiger partial charge is 0.119 e. The zero-order valence-corrected chi connectivity index (χ0v) is 14.1. The summed E-state index contributed by atoms with van der Waals surface area (Å²) in [5.74, 6) is 0.954. The maximum absolute atomic E-state index is 5.86. The van der Waals surface area contributed by atoms with Crippen LogP contribution in [0.5, 0.6) is 5.75 Å². The Hall–Kier alpha value is -2.09. The Kier molecular flexibility index (Phi) is 7.96. The molecule has 0 aliphatic rings. The third-order valence-corrected chi connectivity index (χ3v) is 3.80. The van der Waals surface area contributed by atoms with Crippen molar-refractivity contribution in [3.05, 3.63) is 59.9 Å². The summed E-state index contributed by atoms with van der Waals surface area (Å²) in [4.78, 5) is 4.03. The molecule has 0 bridgehead atoms. The van der Waals surface area contributed by atoms with Crippen molar-refractivity contribution in [2.24, 2.45) is 0 Å². The molecular formula is C21H27NO. The van der Waals surface area contributed by atoms with E-state index in [-0.39, 0.29) is 0 Å². The lowest BCUT2D eigenvalue weighted by molar-refractivity contribution is 0.304. The standard InChI is InChI=1S/C21H27NO/c1-2-3-4-5-6-7-17-23-21-10-8-9-20(18-21)12-11-19-13-15-22-16-14-19/h8-16,18H,2-7,17H2,1H3/b12-11+. The number of hydrogen-bond acceptors (Lipinski definition) is 2. The molecule has 1 heterocycles. The average molecular weight is 309 g/mol. The van der Waals surface area contributed by atoms with Gasteiger partial charge >= 0.3 is 0 Å². The van der Waals surface area contributed by atoms with Crippen LogP contribution in [-0.2, 0) is 0 Å². The summed E-state index contributed by atoms with van der Waals surface area (Å²) in [5, 5.41) is 0. The normalized spacial score (nSPS) is 11.0. The van der Waals surface area contributed by atoms with Gasteiger partial charge in [0.1, 0.15) is 5.75 Å². The number of aromatic nitrogens is 1. The largest absolute Gasteiger partial charge is 0.494 e. The van der Waals surface area contributed by atoms with Crippen LogP contribution in [0.15, 0.2) is 48.8 Å². The van der Waals surface area contributed by atoms with E-state index >= 15 is 0 Å². The molecule has 0 saturated carbocycles. The van der Waals surface area contributed by atoms with Gasteiger partial charge in [-0.05, 0) is 41.8 Å². The first-order chi connectivity index (χ1) is 11.4. The van der Waals surface area contributed by atoms with Crippen LogP contribution in [0.25, 0.3) is 12.2 Å². The van der Waals surface area contributed by atoms with Crippen molar-refractivity contribution >= 4 is 12.2 Å². The van der Waals surface area contributed by atoms with E-state index in [4.69, 9.17) is 4.74 Å². The van der Waals surface area contributed by atoms with E-state index in [0.29, 0.717) is 0 Å². The summed E-state index contributed by atoms with van der Waals surface area (Å²) >= 11 is 0. The highest BCUT2D eigenvalue weighted by Crippen LogP contribution is 2.16. The van der Waals surface area contributed by atoms with E-state index in [2.05, 4.69) is 36.2 Å². The minimum absolute atomic E-state index is 0.809. The zero-order valence-electron chi connectivity index (χ0n) is 14.1. The third kappa shape index (κ3) is 7.14. The van der Waals surface area contributed by atoms with Gasteiger partial charge < -0.3 is 4.74 Å². The number of unbranched alkanes of at least 4 members (excludes halogenated alkanes) is 5. The maximum atomic E-state index is 5.86. The first-order valence-corrected chi connectivity index (χ1v) is 8.69. The average Bonchev–Trinajstić information content (AvgIpc) is 2.60. The van der Waals surface area contributed by atoms with Crippen LogP contribution in [0.4, 0.5) is 0 Å². The number of ether oxygens (including phenoxy) is 1. The van der Waals surface area contributed by atoms with Crippen LogP contribution in [0.3, 0.4) is 0 Å². The van der Waals surface area contributed by atoms with Gasteiger partial charge in [0.25, 0.3) is 0 Å². The van der Waals surface area contributed by atoms with Crippen LogP contribution in [0.2, 0.25) is 0 Å². The van der Waals surface area contributed by atoms with Crippen molar-refractivity contribution in [2.45, 2.75) is 45.4 Å². The molecule has 122 valence electrons. The summed E-state index contributed by atoms with van der Waals surface area (Å²) in [7, 11) is 0. The van der Waals surface area contributed by atoms with Gasteiger partial charge in [-0.3, -0.25) is 4.98 Å². The molecule has 0 spiro atoms. The molecule has 0 amide bonds. The van der Waals surface area contributed by atoms with E-state index in [0.717, 1.165) is 29.9 Å². The lowest BCUT2D eigenvalue weighted by Gasteiger charge is -2.07. The Morgan fingerprint density at radius 3 is 2.43 bits per heavy atom. The van der Waals surface area contributed by atoms with Crippen LogP contribution >= 0.6 is 0 Å². The summed E-state index contributed by atoms with van der Waals surface area (Å²) in [5.41, 5.74) is 2.31. The highest BCUT2D eigenvalue weighted by Gasteiger charge is 1.96. The van der Waals surface area contributed by atoms with E-state index in [1.165, 1.54) is 32.1 Å². The third-order valence-electron chi connectivity index (χ3n) is 3.80. The Morgan fingerprint density at radius 2 is 1.61 bits per heavy atom. The molecule has 0 aliphatic carbocycles. The minimum atomic E-state index is 0.809. The fraction of sp³-hybridized carbons (Fsp3) is 0.381. The van der Waals surface area contributed by atoms with Gasteiger partial charge in [0.2, 0.25) is 0 Å². The molecule has 2 heteroatoms. The molecule has 0 atom stereocenters. The van der Waals surface area contributed by atoms with Crippen molar-refractivity contribution in [1.29, 1.82) is 0 Å². The first-order valence-electron chi connectivity index (χ1n) is 8.69. The van der Waals surface area contributed by atoms with Gasteiger partial charge in [0, 0.05) is 12.4 Å². The van der Waals surface area contributed by atoms with Gasteiger partial charge in [-0.1, -0.05) is 63.3 Å². The molecule has 0 aliphatic heterocycles. The number of nitrogens with zero attached hydrogens (tertiary/aromatic N) is 1. The lowest BCUT2D eigenvalue weighted by Crippen LogP contribution is -1.97. The molecule has 2 aromatic rings. The predicted molar refractivity (Wildman–Crippen MR) is 98.5 cm³/mol. The lowest BCUT2D eigenvalue weighted by atomic mass is 10.1. The van der Waals surface area contributed by atoms with Gasteiger partial charge in [0.15, 0.2) is 0 Å². The zero-order chi connectivity index (χ0) is 16.2. The monoisotopic (exact) mass is 309 g/mol. The molecule has 0 saturated heterocycles. The van der Waals surface area contributed by atoms with Crippen LogP contribution in [0.1, 0.15) is 56.6 Å². The van der Waals surface area contributed by atoms with Crippen molar-refractivity contribution in [3.63, 3.8) is 0 Å². The molecule has 0 fully saturated rings. The molecule has 0 N–H and O–H groups in total. The van der Waals surface area contributed by atoms with E-state index in [9.17, 15) is 0 Å². The second-order valence-corrected chi connectivity index (χ2v) is 5.80. The quantitative estimate of drug-likeness (QED) is 0.503. The van der Waals surface area contributed by atoms with Crippen molar-refractivity contribution in [1.82, 2.24) is 4.98 Å². The van der Waals surface area contributed by atoms with Gasteiger partial charge in [-0.2, -0.15) is 0 Å². The molecule has 1 aromatic heterocycles. The molecule has 2 nitrogen and oxygen atoms in total. The summed E-state index contributed by atoms with van der Waals surface area (Å²) < 4.78 is 5.86. The molecule has 0 radical (unpaired) electrons. The van der Waals surface area contributed by atoms with Crippen LogP contribution in [-0.4, -0.2) is 11.6 Å². The van der Waals surface area contributed by atoms with Crippen LogP contribution < -0.4 is 4.74 Å². The second-order valence-electron chi connectivity index (χ2n) is 5.80. The second kappa shape index (κ2) is 10.6. The SMILES string of the molecule is CCCCCCCCOc1cccc(/C=C/c2ccncc2)c1. The topological polar surface area (TPSA) is 22.1 Å². The fourth-order valence-corrected chi connectivity index (χ4v) is 2.45.